The number of nitrogens with one attached hydrogen (secondary N) is 1. The molecule has 96 valence electrons. The fraction of sp³-hybridized carbons (Fsp3) is 0.308. The second-order valence-corrected chi connectivity index (χ2v) is 5.59. The van der Waals surface area contributed by atoms with E-state index in [-0.39, 0.29) is 6.04 Å². The van der Waals surface area contributed by atoms with Gasteiger partial charge in [-0.05, 0) is 53.5 Å². The first-order chi connectivity index (χ1) is 8.49. The average Bonchev–Trinajstić information content (AvgIpc) is 2.72. The summed E-state index contributed by atoms with van der Waals surface area (Å²) >= 11 is 9.70. The van der Waals surface area contributed by atoms with E-state index in [1.807, 2.05) is 36.9 Å². The predicted molar refractivity (Wildman–Crippen MR) is 79.1 cm³/mol. The summed E-state index contributed by atoms with van der Waals surface area (Å²) in [5, 5.41) is 8.36. The van der Waals surface area contributed by atoms with Gasteiger partial charge in [-0.3, -0.25) is 4.68 Å². The zero-order chi connectivity index (χ0) is 13.3. The van der Waals surface area contributed by atoms with Crippen LogP contribution in [-0.4, -0.2) is 9.78 Å². The van der Waals surface area contributed by atoms with Gasteiger partial charge in [0.15, 0.2) is 0 Å². The molecule has 1 aromatic heterocycles. The van der Waals surface area contributed by atoms with Crippen LogP contribution in [0.4, 0.5) is 5.69 Å². The van der Waals surface area contributed by atoms with Crippen LogP contribution in [0.1, 0.15) is 24.2 Å². The average molecular weight is 329 g/mol. The van der Waals surface area contributed by atoms with Crippen molar-refractivity contribution in [2.75, 3.05) is 5.32 Å². The molecule has 18 heavy (non-hydrogen) atoms. The van der Waals surface area contributed by atoms with Crippen molar-refractivity contribution in [3.63, 3.8) is 0 Å². The smallest absolute Gasteiger partial charge is 0.0654 e. The van der Waals surface area contributed by atoms with Gasteiger partial charge in [0.25, 0.3) is 0 Å². The van der Waals surface area contributed by atoms with E-state index >= 15 is 0 Å². The Hall–Kier alpha value is -1.00. The molecule has 0 spiro atoms. The van der Waals surface area contributed by atoms with E-state index in [2.05, 4.69) is 33.3 Å². The molecule has 0 radical (unpaired) electrons. The van der Waals surface area contributed by atoms with Gasteiger partial charge in [-0.25, -0.2) is 0 Å². The molecule has 1 N–H and O–H groups in total. The highest BCUT2D eigenvalue weighted by Crippen LogP contribution is 2.31. The lowest BCUT2D eigenvalue weighted by Gasteiger charge is -2.17. The lowest BCUT2D eigenvalue weighted by Crippen LogP contribution is -2.11. The van der Waals surface area contributed by atoms with Gasteiger partial charge in [-0.2, -0.15) is 5.10 Å². The Balaban J connectivity index is 2.24. The van der Waals surface area contributed by atoms with E-state index in [0.29, 0.717) is 0 Å². The van der Waals surface area contributed by atoms with Gasteiger partial charge >= 0.3 is 0 Å². The van der Waals surface area contributed by atoms with Crippen LogP contribution in [0.2, 0.25) is 5.02 Å². The molecule has 0 amide bonds. The molecule has 0 aliphatic heterocycles. The molecule has 2 aromatic rings. The van der Waals surface area contributed by atoms with Crippen molar-refractivity contribution in [1.29, 1.82) is 0 Å². The number of hydrogen-bond acceptors (Lipinski definition) is 2. The van der Waals surface area contributed by atoms with Gasteiger partial charge in [0.05, 0.1) is 17.4 Å². The molecule has 0 aliphatic carbocycles. The quantitative estimate of drug-likeness (QED) is 0.909. The molecule has 1 heterocycles. The van der Waals surface area contributed by atoms with Gasteiger partial charge < -0.3 is 5.32 Å². The minimum absolute atomic E-state index is 0.160. The standard InChI is InChI=1S/C13H15BrClN3/c1-8-6-10(14)12(7-11(8)15)17-9(2)13-4-5-16-18(13)3/h4-7,9,17H,1-3H3. The van der Waals surface area contributed by atoms with Gasteiger partial charge in [0.2, 0.25) is 0 Å². The fourth-order valence-electron chi connectivity index (χ4n) is 1.87. The second kappa shape index (κ2) is 5.33. The molecule has 0 fully saturated rings. The van der Waals surface area contributed by atoms with Crippen molar-refractivity contribution in [3.05, 3.63) is 45.1 Å². The SMILES string of the molecule is Cc1cc(Br)c(NC(C)c2ccnn2C)cc1Cl. The number of benzene rings is 1. The zero-order valence-corrected chi connectivity index (χ0v) is 12.9. The summed E-state index contributed by atoms with van der Waals surface area (Å²) < 4.78 is 2.87. The number of halogens is 2. The largest absolute Gasteiger partial charge is 0.376 e. The van der Waals surface area contributed by atoms with E-state index < -0.39 is 0 Å². The number of rotatable bonds is 3. The highest BCUT2D eigenvalue weighted by Gasteiger charge is 2.11. The third-order valence-corrected chi connectivity index (χ3v) is 3.99. The van der Waals surface area contributed by atoms with Crippen LogP contribution in [0.25, 0.3) is 0 Å². The van der Waals surface area contributed by atoms with E-state index in [4.69, 9.17) is 11.6 Å². The van der Waals surface area contributed by atoms with Gasteiger partial charge in [0.1, 0.15) is 0 Å². The van der Waals surface area contributed by atoms with Crippen molar-refractivity contribution in [3.8, 4) is 0 Å². The Morgan fingerprint density at radius 2 is 2.17 bits per heavy atom. The molecular formula is C13H15BrClN3. The maximum Gasteiger partial charge on any atom is 0.0654 e. The van der Waals surface area contributed by atoms with Crippen molar-refractivity contribution in [1.82, 2.24) is 9.78 Å². The molecule has 0 saturated carbocycles. The lowest BCUT2D eigenvalue weighted by molar-refractivity contribution is 0.675. The Labute approximate surface area is 120 Å². The van der Waals surface area contributed by atoms with E-state index in [1.165, 1.54) is 0 Å². The molecule has 2 rings (SSSR count). The van der Waals surface area contributed by atoms with Gasteiger partial charge in [-0.15, -0.1) is 0 Å². The Bertz CT molecular complexity index is 565. The summed E-state index contributed by atoms with van der Waals surface area (Å²) in [7, 11) is 1.94. The topological polar surface area (TPSA) is 29.9 Å². The third kappa shape index (κ3) is 2.70. The van der Waals surface area contributed by atoms with Crippen LogP contribution in [0.3, 0.4) is 0 Å². The van der Waals surface area contributed by atoms with Crippen LogP contribution < -0.4 is 5.32 Å². The van der Waals surface area contributed by atoms with E-state index in [0.717, 1.165) is 26.4 Å². The molecule has 5 heteroatoms. The zero-order valence-electron chi connectivity index (χ0n) is 10.5. The maximum atomic E-state index is 6.15. The van der Waals surface area contributed by atoms with Crippen LogP contribution in [-0.2, 0) is 7.05 Å². The molecule has 1 atom stereocenters. The van der Waals surface area contributed by atoms with Crippen LogP contribution >= 0.6 is 27.5 Å². The van der Waals surface area contributed by atoms with Crippen molar-refractivity contribution in [2.45, 2.75) is 19.9 Å². The first kappa shape index (κ1) is 13.4. The molecule has 1 aromatic carbocycles. The van der Waals surface area contributed by atoms with Gasteiger partial charge in [-0.1, -0.05) is 11.6 Å². The second-order valence-electron chi connectivity index (χ2n) is 4.33. The Kier molecular flexibility index (Phi) is 3.97. The van der Waals surface area contributed by atoms with Crippen LogP contribution in [0.5, 0.6) is 0 Å². The Morgan fingerprint density at radius 3 is 2.78 bits per heavy atom. The molecule has 0 aliphatic rings. The molecule has 3 nitrogen and oxygen atoms in total. The normalized spacial score (nSPS) is 12.5. The summed E-state index contributed by atoms with van der Waals surface area (Å²) in [6, 6.07) is 6.11. The minimum atomic E-state index is 0.160. The van der Waals surface area contributed by atoms with Crippen molar-refractivity contribution >= 4 is 33.2 Å². The predicted octanol–water partition coefficient (Wildman–Crippen LogP) is 4.32. The highest BCUT2D eigenvalue weighted by atomic mass is 79.9. The summed E-state index contributed by atoms with van der Waals surface area (Å²) in [4.78, 5) is 0. The van der Waals surface area contributed by atoms with Crippen LogP contribution in [0.15, 0.2) is 28.9 Å². The number of aryl methyl sites for hydroxylation is 2. The third-order valence-electron chi connectivity index (χ3n) is 2.92. The number of anilines is 1. The summed E-state index contributed by atoms with van der Waals surface area (Å²) in [6.07, 6.45) is 1.80. The summed E-state index contributed by atoms with van der Waals surface area (Å²) in [6.45, 7) is 4.08. The van der Waals surface area contributed by atoms with E-state index in [9.17, 15) is 0 Å². The molecular weight excluding hydrogens is 314 g/mol. The Morgan fingerprint density at radius 1 is 1.44 bits per heavy atom. The number of nitrogens with zero attached hydrogens (tertiary/aromatic N) is 2. The molecule has 0 saturated heterocycles. The van der Waals surface area contributed by atoms with Gasteiger partial charge in [0, 0.05) is 22.7 Å². The molecule has 1 unspecified atom stereocenters. The number of hydrogen-bond donors (Lipinski definition) is 1. The maximum absolute atomic E-state index is 6.15. The van der Waals surface area contributed by atoms with Crippen molar-refractivity contribution < 1.29 is 0 Å². The lowest BCUT2D eigenvalue weighted by atomic mass is 10.2. The first-order valence-electron chi connectivity index (χ1n) is 5.69. The monoisotopic (exact) mass is 327 g/mol. The summed E-state index contributed by atoms with van der Waals surface area (Å²) in [5.74, 6) is 0. The van der Waals surface area contributed by atoms with Crippen LogP contribution in [0, 0.1) is 6.92 Å². The fourth-order valence-corrected chi connectivity index (χ4v) is 2.61. The number of aromatic nitrogens is 2. The highest BCUT2D eigenvalue weighted by molar-refractivity contribution is 9.10. The van der Waals surface area contributed by atoms with Crippen molar-refractivity contribution in [2.24, 2.45) is 7.05 Å². The summed E-state index contributed by atoms with van der Waals surface area (Å²) in [5.41, 5.74) is 3.17. The molecule has 0 bridgehead atoms. The van der Waals surface area contributed by atoms with E-state index in [1.54, 1.807) is 6.20 Å². The minimum Gasteiger partial charge on any atom is -0.376 e. The first-order valence-corrected chi connectivity index (χ1v) is 6.86.